The molecule has 2 aliphatic rings. The van der Waals surface area contributed by atoms with Crippen LogP contribution in [0, 0.1) is 0 Å². The molecule has 0 spiro atoms. The Kier molecular flexibility index (Phi) is 5.13. The van der Waals surface area contributed by atoms with Crippen molar-refractivity contribution in [1.82, 2.24) is 15.3 Å². The molecule has 2 heterocycles. The van der Waals surface area contributed by atoms with Crippen LogP contribution in [-0.2, 0) is 11.3 Å². The van der Waals surface area contributed by atoms with Gasteiger partial charge < -0.3 is 10.2 Å². The Hall–Kier alpha value is -2.37. The lowest BCUT2D eigenvalue weighted by Crippen LogP contribution is -2.36. The standard InChI is InChI=1S/C19H23N3O2/c1-21-12-9-17(16-7-10-20-11-8-16)13-18(21)19(23)22(24)14-15-5-3-2-4-6-15/h2-7,9,13,20,24H,8,10-12,14H2,1H3. The van der Waals surface area contributed by atoms with E-state index in [1.807, 2.05) is 48.4 Å². The quantitative estimate of drug-likeness (QED) is 0.657. The normalized spacial score (nSPS) is 17.8. The maximum absolute atomic E-state index is 12.6. The van der Waals surface area contributed by atoms with Crippen LogP contribution in [0.2, 0.25) is 0 Å². The Morgan fingerprint density at radius 1 is 1.29 bits per heavy atom. The van der Waals surface area contributed by atoms with Crippen molar-refractivity contribution in [2.24, 2.45) is 0 Å². The van der Waals surface area contributed by atoms with E-state index in [1.54, 1.807) is 0 Å². The zero-order valence-corrected chi connectivity index (χ0v) is 13.9. The molecular formula is C19H23N3O2. The van der Waals surface area contributed by atoms with E-state index in [2.05, 4.69) is 17.5 Å². The van der Waals surface area contributed by atoms with Crippen molar-refractivity contribution in [3.05, 3.63) is 71.0 Å². The molecule has 3 rings (SSSR count). The summed E-state index contributed by atoms with van der Waals surface area (Å²) in [6.45, 7) is 2.66. The number of amides is 1. The lowest BCUT2D eigenvalue weighted by molar-refractivity contribution is -0.164. The van der Waals surface area contributed by atoms with Crippen LogP contribution in [0.3, 0.4) is 0 Å². The third kappa shape index (κ3) is 3.75. The van der Waals surface area contributed by atoms with Crippen molar-refractivity contribution in [3.63, 3.8) is 0 Å². The summed E-state index contributed by atoms with van der Waals surface area (Å²) in [5.74, 6) is -0.374. The third-order valence-corrected chi connectivity index (χ3v) is 4.35. The molecule has 0 saturated heterocycles. The van der Waals surface area contributed by atoms with Gasteiger partial charge in [0.15, 0.2) is 0 Å². The molecule has 126 valence electrons. The minimum atomic E-state index is -0.374. The van der Waals surface area contributed by atoms with Crippen LogP contribution < -0.4 is 5.32 Å². The number of hydrogen-bond acceptors (Lipinski definition) is 4. The maximum atomic E-state index is 12.6. The van der Waals surface area contributed by atoms with Crippen molar-refractivity contribution in [2.75, 3.05) is 26.7 Å². The molecule has 0 atom stereocenters. The fourth-order valence-corrected chi connectivity index (χ4v) is 2.94. The summed E-state index contributed by atoms with van der Waals surface area (Å²) in [5.41, 5.74) is 3.76. The molecule has 1 aromatic rings. The number of nitrogens with zero attached hydrogens (tertiary/aromatic N) is 2. The predicted octanol–water partition coefficient (Wildman–Crippen LogP) is 2.08. The smallest absolute Gasteiger partial charge is 0.293 e. The van der Waals surface area contributed by atoms with Gasteiger partial charge in [-0.2, -0.15) is 0 Å². The van der Waals surface area contributed by atoms with Crippen molar-refractivity contribution in [1.29, 1.82) is 0 Å². The van der Waals surface area contributed by atoms with Gasteiger partial charge >= 0.3 is 0 Å². The van der Waals surface area contributed by atoms with Crippen LogP contribution in [0.15, 0.2) is 65.4 Å². The topological polar surface area (TPSA) is 55.8 Å². The van der Waals surface area contributed by atoms with Crippen molar-refractivity contribution >= 4 is 5.91 Å². The molecule has 0 radical (unpaired) electrons. The highest BCUT2D eigenvalue weighted by Crippen LogP contribution is 2.24. The van der Waals surface area contributed by atoms with Gasteiger partial charge in [0.25, 0.3) is 5.91 Å². The molecule has 2 aliphatic heterocycles. The summed E-state index contributed by atoms with van der Waals surface area (Å²) in [6, 6.07) is 9.48. The third-order valence-electron chi connectivity index (χ3n) is 4.35. The highest BCUT2D eigenvalue weighted by atomic mass is 16.5. The van der Waals surface area contributed by atoms with Crippen LogP contribution in [0.1, 0.15) is 12.0 Å². The average Bonchev–Trinajstić information content (AvgIpc) is 2.63. The van der Waals surface area contributed by atoms with E-state index in [-0.39, 0.29) is 12.5 Å². The molecule has 0 fully saturated rings. The first-order valence-corrected chi connectivity index (χ1v) is 8.23. The van der Waals surface area contributed by atoms with Crippen LogP contribution >= 0.6 is 0 Å². The number of likely N-dealkylation sites (N-methyl/N-ethyl adjacent to an activating group) is 1. The molecule has 0 bridgehead atoms. The molecule has 1 aromatic carbocycles. The fourth-order valence-electron chi connectivity index (χ4n) is 2.94. The van der Waals surface area contributed by atoms with Gasteiger partial charge in [-0.15, -0.1) is 0 Å². The number of benzene rings is 1. The number of rotatable bonds is 4. The summed E-state index contributed by atoms with van der Waals surface area (Å²) in [7, 11) is 1.87. The van der Waals surface area contributed by atoms with E-state index < -0.39 is 0 Å². The van der Waals surface area contributed by atoms with E-state index >= 15 is 0 Å². The molecular weight excluding hydrogens is 302 g/mol. The highest BCUT2D eigenvalue weighted by molar-refractivity contribution is 5.93. The van der Waals surface area contributed by atoms with Crippen molar-refractivity contribution in [3.8, 4) is 0 Å². The maximum Gasteiger partial charge on any atom is 0.293 e. The zero-order chi connectivity index (χ0) is 16.9. The lowest BCUT2D eigenvalue weighted by Gasteiger charge is -2.28. The van der Waals surface area contributed by atoms with Crippen molar-refractivity contribution in [2.45, 2.75) is 13.0 Å². The second-order valence-electron chi connectivity index (χ2n) is 6.10. The monoisotopic (exact) mass is 325 g/mol. The number of hydrogen-bond donors (Lipinski definition) is 2. The Labute approximate surface area is 142 Å². The number of nitrogens with one attached hydrogen (secondary N) is 1. The molecule has 1 amide bonds. The molecule has 5 heteroatoms. The predicted molar refractivity (Wildman–Crippen MR) is 93.1 cm³/mol. The summed E-state index contributed by atoms with van der Waals surface area (Å²) in [6.07, 6.45) is 7.14. The summed E-state index contributed by atoms with van der Waals surface area (Å²) >= 11 is 0. The zero-order valence-electron chi connectivity index (χ0n) is 13.9. The molecule has 0 aromatic heterocycles. The van der Waals surface area contributed by atoms with E-state index in [0.29, 0.717) is 12.2 Å². The molecule has 0 saturated carbocycles. The van der Waals surface area contributed by atoms with Gasteiger partial charge in [0.05, 0.1) is 6.54 Å². The van der Waals surface area contributed by atoms with Gasteiger partial charge in [-0.25, -0.2) is 5.06 Å². The van der Waals surface area contributed by atoms with E-state index in [9.17, 15) is 10.0 Å². The Bertz CT molecular complexity index is 692. The fraction of sp³-hybridized carbons (Fsp3) is 0.316. The Balaban J connectivity index is 1.75. The number of carbonyl (C=O) groups is 1. The van der Waals surface area contributed by atoms with Gasteiger partial charge in [-0.05, 0) is 35.8 Å². The molecule has 0 aliphatic carbocycles. The molecule has 24 heavy (non-hydrogen) atoms. The first kappa shape index (κ1) is 16.5. The second-order valence-corrected chi connectivity index (χ2v) is 6.10. The summed E-state index contributed by atoms with van der Waals surface area (Å²) in [4.78, 5) is 14.5. The summed E-state index contributed by atoms with van der Waals surface area (Å²) in [5, 5.41) is 14.3. The van der Waals surface area contributed by atoms with Gasteiger partial charge in [0.2, 0.25) is 0 Å². The second kappa shape index (κ2) is 7.47. The van der Waals surface area contributed by atoms with Crippen LogP contribution in [-0.4, -0.2) is 47.8 Å². The Morgan fingerprint density at radius 2 is 2.08 bits per heavy atom. The van der Waals surface area contributed by atoms with Crippen LogP contribution in [0.5, 0.6) is 0 Å². The molecule has 0 unspecified atom stereocenters. The van der Waals surface area contributed by atoms with Crippen LogP contribution in [0.4, 0.5) is 0 Å². The first-order valence-electron chi connectivity index (χ1n) is 8.23. The highest BCUT2D eigenvalue weighted by Gasteiger charge is 2.23. The first-order chi connectivity index (χ1) is 11.6. The molecule has 5 nitrogen and oxygen atoms in total. The van der Waals surface area contributed by atoms with E-state index in [1.165, 1.54) is 5.57 Å². The SMILES string of the molecule is CN1CC=C(C2=CCNCC2)C=C1C(=O)N(O)Cc1ccccc1. The Morgan fingerprint density at radius 3 is 2.79 bits per heavy atom. The van der Waals surface area contributed by atoms with E-state index in [4.69, 9.17) is 0 Å². The van der Waals surface area contributed by atoms with Gasteiger partial charge in [0.1, 0.15) is 5.70 Å². The van der Waals surface area contributed by atoms with Crippen LogP contribution in [0.25, 0.3) is 0 Å². The van der Waals surface area contributed by atoms with E-state index in [0.717, 1.165) is 35.7 Å². The number of allylic oxidation sites excluding steroid dienone is 2. The van der Waals surface area contributed by atoms with Gasteiger partial charge in [-0.1, -0.05) is 42.5 Å². The summed E-state index contributed by atoms with van der Waals surface area (Å²) < 4.78 is 0. The van der Waals surface area contributed by atoms with Gasteiger partial charge in [-0.3, -0.25) is 10.0 Å². The lowest BCUT2D eigenvalue weighted by atomic mass is 9.96. The molecule has 2 N–H and O–H groups in total. The van der Waals surface area contributed by atoms with Crippen molar-refractivity contribution < 1.29 is 10.0 Å². The number of carbonyl (C=O) groups excluding carboxylic acids is 1. The minimum Gasteiger partial charge on any atom is -0.366 e. The largest absolute Gasteiger partial charge is 0.366 e. The average molecular weight is 325 g/mol. The minimum absolute atomic E-state index is 0.177. The number of hydroxylamine groups is 2. The van der Waals surface area contributed by atoms with Gasteiger partial charge in [0, 0.05) is 20.1 Å².